The number of nitro groups is 1. The number of aromatic nitrogens is 4. The van der Waals surface area contributed by atoms with Crippen molar-refractivity contribution in [3.05, 3.63) is 82.7 Å². The Morgan fingerprint density at radius 2 is 1.81 bits per heavy atom. The number of ether oxygens (including phenoxy) is 1. The maximum absolute atomic E-state index is 10.8. The van der Waals surface area contributed by atoms with Gasteiger partial charge in [0.15, 0.2) is 5.82 Å². The molecule has 4 aromatic rings. The van der Waals surface area contributed by atoms with Crippen molar-refractivity contribution in [3.63, 3.8) is 0 Å². The number of hydrogen-bond acceptors (Lipinski definition) is 6. The molecule has 0 aliphatic heterocycles. The van der Waals surface area contributed by atoms with Gasteiger partial charge >= 0.3 is 0 Å². The number of nitro benzene ring substituents is 1. The zero-order valence-electron chi connectivity index (χ0n) is 14.2. The summed E-state index contributed by atoms with van der Waals surface area (Å²) >= 11 is 0. The number of fused-ring (bicyclic) bond motifs is 1. The summed E-state index contributed by atoms with van der Waals surface area (Å²) in [5.41, 5.74) is 2.42. The fourth-order valence-electron chi connectivity index (χ4n) is 2.74. The lowest BCUT2D eigenvalue weighted by Crippen LogP contribution is -2.04. The zero-order valence-corrected chi connectivity index (χ0v) is 14.2. The summed E-state index contributed by atoms with van der Waals surface area (Å²) in [5, 5.41) is 19.2. The van der Waals surface area contributed by atoms with Gasteiger partial charge < -0.3 is 4.74 Å². The van der Waals surface area contributed by atoms with Gasteiger partial charge in [-0.2, -0.15) is 0 Å². The summed E-state index contributed by atoms with van der Waals surface area (Å²) in [6.07, 6.45) is 4.10. The molecule has 2 heterocycles. The van der Waals surface area contributed by atoms with Gasteiger partial charge in [0.2, 0.25) is 5.65 Å². The van der Waals surface area contributed by atoms with Crippen LogP contribution in [0, 0.1) is 10.1 Å². The monoisotopic (exact) mass is 361 g/mol. The molecule has 134 valence electrons. The smallest absolute Gasteiger partial charge is 0.269 e. The number of non-ortho nitro benzene ring substituents is 1. The van der Waals surface area contributed by atoms with Crippen molar-refractivity contribution < 1.29 is 9.66 Å². The van der Waals surface area contributed by atoms with E-state index in [0.29, 0.717) is 24.0 Å². The summed E-state index contributed by atoms with van der Waals surface area (Å²) in [6, 6.07) is 16.2. The fourth-order valence-corrected chi connectivity index (χ4v) is 2.74. The Balaban J connectivity index is 1.57. The third-order valence-electron chi connectivity index (χ3n) is 4.10. The van der Waals surface area contributed by atoms with E-state index in [1.54, 1.807) is 28.9 Å². The fraction of sp³-hybridized carbons (Fsp3) is 0.105. The predicted molar refractivity (Wildman–Crippen MR) is 98.5 cm³/mol. The molecule has 0 bridgehead atoms. The zero-order chi connectivity index (χ0) is 18.6. The van der Waals surface area contributed by atoms with Crippen LogP contribution >= 0.6 is 0 Å². The van der Waals surface area contributed by atoms with Crippen LogP contribution in [0.5, 0.6) is 5.88 Å². The first-order valence-corrected chi connectivity index (χ1v) is 8.33. The lowest BCUT2D eigenvalue weighted by molar-refractivity contribution is -0.384. The molecule has 2 aromatic carbocycles. The highest BCUT2D eigenvalue weighted by Gasteiger charge is 2.14. The normalized spacial score (nSPS) is 10.8. The molecule has 0 saturated carbocycles. The molecule has 27 heavy (non-hydrogen) atoms. The molecular formula is C19H15N5O3. The van der Waals surface area contributed by atoms with Crippen LogP contribution in [-0.2, 0) is 6.42 Å². The van der Waals surface area contributed by atoms with Crippen LogP contribution in [0.1, 0.15) is 5.56 Å². The van der Waals surface area contributed by atoms with Crippen LogP contribution < -0.4 is 4.74 Å². The number of benzene rings is 2. The molecule has 8 nitrogen and oxygen atoms in total. The van der Waals surface area contributed by atoms with E-state index in [9.17, 15) is 10.1 Å². The maximum atomic E-state index is 10.8. The third kappa shape index (κ3) is 3.45. The molecule has 0 atom stereocenters. The highest BCUT2D eigenvalue weighted by molar-refractivity contribution is 5.63. The largest absolute Gasteiger partial charge is 0.475 e. The minimum Gasteiger partial charge on any atom is -0.475 e. The summed E-state index contributed by atoms with van der Waals surface area (Å²) in [5.74, 6) is 0.962. The molecule has 4 rings (SSSR count). The molecule has 2 aromatic heterocycles. The van der Waals surface area contributed by atoms with Gasteiger partial charge in [0, 0.05) is 36.5 Å². The molecule has 8 heteroatoms. The Labute approximate surface area is 154 Å². The lowest BCUT2D eigenvalue weighted by atomic mass is 10.2. The van der Waals surface area contributed by atoms with Crippen LogP contribution in [0.15, 0.2) is 67.0 Å². The maximum Gasteiger partial charge on any atom is 0.269 e. The summed E-state index contributed by atoms with van der Waals surface area (Å²) in [7, 11) is 0. The van der Waals surface area contributed by atoms with E-state index in [1.807, 2.05) is 30.3 Å². The second-order valence-electron chi connectivity index (χ2n) is 5.84. The van der Waals surface area contributed by atoms with Crippen LogP contribution in [-0.4, -0.2) is 31.1 Å². The molecule has 0 saturated heterocycles. The number of rotatable bonds is 6. The van der Waals surface area contributed by atoms with Gasteiger partial charge in [0.05, 0.1) is 11.5 Å². The van der Waals surface area contributed by atoms with Crippen molar-refractivity contribution in [1.82, 2.24) is 19.6 Å². The van der Waals surface area contributed by atoms with Crippen molar-refractivity contribution in [3.8, 4) is 17.3 Å². The Morgan fingerprint density at radius 1 is 1.04 bits per heavy atom. The topological polar surface area (TPSA) is 95.5 Å². The van der Waals surface area contributed by atoms with Crippen LogP contribution in [0.4, 0.5) is 5.69 Å². The predicted octanol–water partition coefficient (Wildman–Crippen LogP) is 3.32. The molecule has 0 amide bonds. The van der Waals surface area contributed by atoms with Crippen LogP contribution in [0.3, 0.4) is 0 Å². The quantitative estimate of drug-likeness (QED) is 0.386. The van der Waals surface area contributed by atoms with Gasteiger partial charge in [-0.25, -0.2) is 4.98 Å². The molecule has 0 fully saturated rings. The second kappa shape index (κ2) is 7.20. The van der Waals surface area contributed by atoms with Crippen LogP contribution in [0.2, 0.25) is 0 Å². The Bertz CT molecular complexity index is 1080. The van der Waals surface area contributed by atoms with Crippen molar-refractivity contribution >= 4 is 11.3 Å². The molecule has 0 aliphatic rings. The third-order valence-corrected chi connectivity index (χ3v) is 4.10. The van der Waals surface area contributed by atoms with Gasteiger partial charge in [0.1, 0.15) is 0 Å². The van der Waals surface area contributed by atoms with Gasteiger partial charge in [-0.05, 0) is 17.7 Å². The summed E-state index contributed by atoms with van der Waals surface area (Å²) in [4.78, 5) is 14.6. The molecule has 0 unspecified atom stereocenters. The average molecular weight is 361 g/mol. The number of hydrogen-bond donors (Lipinski definition) is 0. The first kappa shape index (κ1) is 16.6. The van der Waals surface area contributed by atoms with Crippen molar-refractivity contribution in [2.24, 2.45) is 0 Å². The molecule has 0 aliphatic carbocycles. The van der Waals surface area contributed by atoms with E-state index in [4.69, 9.17) is 4.74 Å². The molecular weight excluding hydrogens is 346 g/mol. The van der Waals surface area contributed by atoms with Crippen molar-refractivity contribution in [1.29, 1.82) is 0 Å². The highest BCUT2D eigenvalue weighted by atomic mass is 16.6. The Kier molecular flexibility index (Phi) is 4.44. The standard InChI is InChI=1S/C19H15N5O3/c25-24(26)16-8-6-15(7-9-16)17-21-22-18-19(20-11-12-23(17)18)27-13-10-14-4-2-1-3-5-14/h1-9,11-12H,10,13H2. The Morgan fingerprint density at radius 3 is 2.56 bits per heavy atom. The Hall–Kier alpha value is -3.81. The van der Waals surface area contributed by atoms with Crippen molar-refractivity contribution in [2.45, 2.75) is 6.42 Å². The molecule has 0 N–H and O–H groups in total. The summed E-state index contributed by atoms with van der Waals surface area (Å²) < 4.78 is 7.56. The van der Waals surface area contributed by atoms with Gasteiger partial charge in [-0.1, -0.05) is 30.3 Å². The lowest BCUT2D eigenvalue weighted by Gasteiger charge is -2.06. The summed E-state index contributed by atoms with van der Waals surface area (Å²) in [6.45, 7) is 0.469. The van der Waals surface area contributed by atoms with E-state index < -0.39 is 4.92 Å². The van der Waals surface area contributed by atoms with E-state index >= 15 is 0 Å². The minimum atomic E-state index is -0.436. The van der Waals surface area contributed by atoms with Gasteiger partial charge in [-0.3, -0.25) is 14.5 Å². The van der Waals surface area contributed by atoms with E-state index in [1.165, 1.54) is 17.7 Å². The van der Waals surface area contributed by atoms with Gasteiger partial charge in [-0.15, -0.1) is 10.2 Å². The van der Waals surface area contributed by atoms with E-state index in [-0.39, 0.29) is 5.69 Å². The van der Waals surface area contributed by atoms with E-state index in [0.717, 1.165) is 12.0 Å². The molecule has 0 spiro atoms. The second-order valence-corrected chi connectivity index (χ2v) is 5.84. The molecule has 0 radical (unpaired) electrons. The van der Waals surface area contributed by atoms with Crippen LogP contribution in [0.25, 0.3) is 17.0 Å². The number of nitrogens with zero attached hydrogens (tertiary/aromatic N) is 5. The average Bonchev–Trinajstić information content (AvgIpc) is 3.14. The SMILES string of the molecule is O=[N+]([O-])c1ccc(-c2nnc3c(OCCc4ccccc4)nccn23)cc1. The first-order valence-electron chi connectivity index (χ1n) is 8.33. The van der Waals surface area contributed by atoms with Gasteiger partial charge in [0.25, 0.3) is 11.6 Å². The first-order chi connectivity index (χ1) is 13.2. The highest BCUT2D eigenvalue weighted by Crippen LogP contribution is 2.24. The van der Waals surface area contributed by atoms with E-state index in [2.05, 4.69) is 15.2 Å². The van der Waals surface area contributed by atoms with Crippen molar-refractivity contribution in [2.75, 3.05) is 6.61 Å². The minimum absolute atomic E-state index is 0.0270.